The molecule has 134 valence electrons. The van der Waals surface area contributed by atoms with Crippen LogP contribution in [0.5, 0.6) is 5.75 Å². The Balaban J connectivity index is 1.87. The smallest absolute Gasteiger partial charge is 0.356 e. The van der Waals surface area contributed by atoms with Gasteiger partial charge in [-0.05, 0) is 49.6 Å². The van der Waals surface area contributed by atoms with Crippen LogP contribution in [-0.2, 0) is 9.47 Å². The van der Waals surface area contributed by atoms with E-state index in [1.807, 2.05) is 10.7 Å². The number of aromatic hydroxyl groups is 1. The number of carbonyl (C=O) groups excluding carboxylic acids is 1. The molecule has 0 spiro atoms. The maximum atomic E-state index is 11.8. The fraction of sp³-hybridized carbons (Fsp3) is 0.316. The molecule has 0 saturated carbocycles. The van der Waals surface area contributed by atoms with Crippen molar-refractivity contribution in [1.29, 1.82) is 0 Å². The fourth-order valence-corrected chi connectivity index (χ4v) is 3.24. The summed E-state index contributed by atoms with van der Waals surface area (Å²) in [5.41, 5.74) is 2.20. The zero-order chi connectivity index (χ0) is 18.1. The predicted molar refractivity (Wildman–Crippen MR) is 94.8 cm³/mol. The van der Waals surface area contributed by atoms with E-state index in [1.165, 1.54) is 7.11 Å². The van der Waals surface area contributed by atoms with Crippen molar-refractivity contribution < 1.29 is 19.4 Å². The number of ether oxygens (including phenoxy) is 2. The fourth-order valence-electron chi connectivity index (χ4n) is 3.24. The Labute approximate surface area is 150 Å². The summed E-state index contributed by atoms with van der Waals surface area (Å²) >= 11 is 0. The minimum Gasteiger partial charge on any atom is -0.508 e. The number of aromatic nitrogens is 3. The molecule has 0 amide bonds. The van der Waals surface area contributed by atoms with E-state index in [-0.39, 0.29) is 17.7 Å². The highest BCUT2D eigenvalue weighted by Gasteiger charge is 2.22. The average Bonchev–Trinajstić information content (AvgIpc) is 3.06. The molecule has 1 aliphatic heterocycles. The lowest BCUT2D eigenvalue weighted by molar-refractivity contribution is -0.0365. The van der Waals surface area contributed by atoms with Gasteiger partial charge in [0.15, 0.2) is 6.23 Å². The van der Waals surface area contributed by atoms with Crippen LogP contribution in [0, 0.1) is 0 Å². The molecular formula is C19H19N3O4. The first-order chi connectivity index (χ1) is 12.7. The number of hydrogen-bond donors (Lipinski definition) is 1. The number of fused-ring (bicyclic) bond motifs is 1. The van der Waals surface area contributed by atoms with Crippen LogP contribution in [0.3, 0.4) is 0 Å². The Bertz CT molecular complexity index is 961. The third kappa shape index (κ3) is 2.90. The molecule has 1 fully saturated rings. The molecule has 2 aromatic heterocycles. The number of esters is 1. The number of phenols is 1. The second-order valence-electron chi connectivity index (χ2n) is 6.22. The van der Waals surface area contributed by atoms with Crippen LogP contribution < -0.4 is 0 Å². The molecule has 3 aromatic rings. The van der Waals surface area contributed by atoms with E-state index in [0.717, 1.165) is 30.2 Å². The van der Waals surface area contributed by atoms with Crippen LogP contribution in [-0.4, -0.2) is 39.6 Å². The van der Waals surface area contributed by atoms with Gasteiger partial charge in [-0.15, -0.1) is 0 Å². The molecule has 1 unspecified atom stereocenters. The number of methoxy groups -OCH3 is 1. The van der Waals surface area contributed by atoms with Crippen molar-refractivity contribution >= 4 is 16.9 Å². The maximum Gasteiger partial charge on any atom is 0.356 e. The Morgan fingerprint density at radius 2 is 2.19 bits per heavy atom. The van der Waals surface area contributed by atoms with Crippen molar-refractivity contribution in [3.8, 4) is 17.1 Å². The third-order valence-corrected chi connectivity index (χ3v) is 4.50. The van der Waals surface area contributed by atoms with Crippen molar-refractivity contribution in [2.75, 3.05) is 13.7 Å². The lowest BCUT2D eigenvalue weighted by Crippen LogP contribution is -2.19. The van der Waals surface area contributed by atoms with Crippen LogP contribution in [0.4, 0.5) is 0 Å². The van der Waals surface area contributed by atoms with Gasteiger partial charge >= 0.3 is 5.97 Å². The second kappa shape index (κ2) is 6.76. The Morgan fingerprint density at radius 1 is 1.31 bits per heavy atom. The quantitative estimate of drug-likeness (QED) is 0.727. The topological polar surface area (TPSA) is 86.5 Å². The summed E-state index contributed by atoms with van der Waals surface area (Å²) in [4.78, 5) is 16.2. The molecule has 1 atom stereocenters. The first-order valence-corrected chi connectivity index (χ1v) is 8.56. The van der Waals surface area contributed by atoms with Crippen molar-refractivity contribution in [3.63, 3.8) is 0 Å². The first kappa shape index (κ1) is 16.5. The molecule has 26 heavy (non-hydrogen) atoms. The molecule has 1 N–H and O–H groups in total. The number of carbonyl (C=O) groups is 1. The molecule has 1 saturated heterocycles. The standard InChI is InChI=1S/C19H19N3O4/c1-25-19(24)15-6-4-5-14(20-15)18-13-11-12(23)8-9-16(13)22(21-18)17-7-2-3-10-26-17/h4-6,8-9,11,17,23H,2-3,7,10H2,1H3. The zero-order valence-corrected chi connectivity index (χ0v) is 14.4. The van der Waals surface area contributed by atoms with E-state index < -0.39 is 5.97 Å². The van der Waals surface area contributed by atoms with Crippen LogP contribution in [0.1, 0.15) is 36.0 Å². The summed E-state index contributed by atoms with van der Waals surface area (Å²) in [7, 11) is 1.32. The van der Waals surface area contributed by atoms with E-state index in [2.05, 4.69) is 4.98 Å². The Kier molecular flexibility index (Phi) is 4.30. The molecule has 1 aliphatic rings. The normalized spacial score (nSPS) is 17.3. The summed E-state index contributed by atoms with van der Waals surface area (Å²) in [5.74, 6) is -0.360. The van der Waals surface area contributed by atoms with E-state index in [4.69, 9.17) is 14.6 Å². The lowest BCUT2D eigenvalue weighted by atomic mass is 10.1. The zero-order valence-electron chi connectivity index (χ0n) is 14.4. The van der Waals surface area contributed by atoms with Crippen molar-refractivity contribution in [3.05, 3.63) is 42.1 Å². The van der Waals surface area contributed by atoms with Crippen molar-refractivity contribution in [2.45, 2.75) is 25.5 Å². The molecule has 3 heterocycles. The minimum atomic E-state index is -0.506. The SMILES string of the molecule is COC(=O)c1cccc(-c2nn(C3CCCCO3)c3ccc(O)cc23)n1. The largest absolute Gasteiger partial charge is 0.508 e. The molecule has 0 bridgehead atoms. The van der Waals surface area contributed by atoms with Crippen molar-refractivity contribution in [1.82, 2.24) is 14.8 Å². The summed E-state index contributed by atoms with van der Waals surface area (Å²) in [5, 5.41) is 15.4. The summed E-state index contributed by atoms with van der Waals surface area (Å²) in [6, 6.07) is 10.2. The van der Waals surface area contributed by atoms with Crippen molar-refractivity contribution in [2.24, 2.45) is 0 Å². The molecule has 1 aromatic carbocycles. The van der Waals surface area contributed by atoms with Gasteiger partial charge in [0.1, 0.15) is 17.1 Å². The number of benzene rings is 1. The van der Waals surface area contributed by atoms with E-state index >= 15 is 0 Å². The van der Waals surface area contributed by atoms with Crippen LogP contribution in [0.15, 0.2) is 36.4 Å². The molecule has 7 heteroatoms. The van der Waals surface area contributed by atoms with Crippen LogP contribution in [0.25, 0.3) is 22.3 Å². The number of rotatable bonds is 3. The third-order valence-electron chi connectivity index (χ3n) is 4.50. The van der Waals surface area contributed by atoms with E-state index in [9.17, 15) is 9.90 Å². The molecule has 0 radical (unpaired) electrons. The average molecular weight is 353 g/mol. The van der Waals surface area contributed by atoms with E-state index in [0.29, 0.717) is 18.0 Å². The second-order valence-corrected chi connectivity index (χ2v) is 6.22. The highest BCUT2D eigenvalue weighted by molar-refractivity contribution is 5.94. The number of phenolic OH excluding ortho intramolecular Hbond substituents is 1. The maximum absolute atomic E-state index is 11.8. The molecule has 0 aliphatic carbocycles. The van der Waals surface area contributed by atoms with Gasteiger partial charge in [0.2, 0.25) is 0 Å². The Morgan fingerprint density at radius 3 is 2.96 bits per heavy atom. The van der Waals surface area contributed by atoms with Gasteiger partial charge in [0.25, 0.3) is 0 Å². The van der Waals surface area contributed by atoms with Gasteiger partial charge in [0, 0.05) is 12.0 Å². The summed E-state index contributed by atoms with van der Waals surface area (Å²) < 4.78 is 12.5. The lowest BCUT2D eigenvalue weighted by Gasteiger charge is -2.23. The number of nitrogens with zero attached hydrogens (tertiary/aromatic N) is 3. The molecule has 4 rings (SSSR count). The number of pyridine rings is 1. The van der Waals surface area contributed by atoms with Crippen LogP contribution >= 0.6 is 0 Å². The van der Waals surface area contributed by atoms with Gasteiger partial charge in [-0.3, -0.25) is 0 Å². The van der Waals surface area contributed by atoms with Gasteiger partial charge < -0.3 is 14.6 Å². The highest BCUT2D eigenvalue weighted by atomic mass is 16.5. The first-order valence-electron chi connectivity index (χ1n) is 8.56. The number of hydrogen-bond acceptors (Lipinski definition) is 6. The van der Waals surface area contributed by atoms with Gasteiger partial charge in [0.05, 0.1) is 18.3 Å². The highest BCUT2D eigenvalue weighted by Crippen LogP contribution is 2.33. The minimum absolute atomic E-state index is 0.145. The van der Waals surface area contributed by atoms with Crippen LogP contribution in [0.2, 0.25) is 0 Å². The predicted octanol–water partition coefficient (Wildman–Crippen LogP) is 3.29. The molecule has 7 nitrogen and oxygen atoms in total. The Hall–Kier alpha value is -2.93. The van der Waals surface area contributed by atoms with Gasteiger partial charge in [-0.1, -0.05) is 6.07 Å². The van der Waals surface area contributed by atoms with Gasteiger partial charge in [-0.2, -0.15) is 5.10 Å². The molecular weight excluding hydrogens is 334 g/mol. The summed E-state index contributed by atoms with van der Waals surface area (Å²) in [6.07, 6.45) is 2.86. The monoisotopic (exact) mass is 353 g/mol. The van der Waals surface area contributed by atoms with E-state index in [1.54, 1.807) is 30.3 Å². The van der Waals surface area contributed by atoms with Gasteiger partial charge in [-0.25, -0.2) is 14.5 Å². The summed E-state index contributed by atoms with van der Waals surface area (Å²) in [6.45, 7) is 0.704.